The molecule has 3 aromatic rings. The molecule has 0 saturated heterocycles. The first-order chi connectivity index (χ1) is 10.6. The van der Waals surface area contributed by atoms with Crippen LogP contribution in [0.4, 0.5) is 0 Å². The Morgan fingerprint density at radius 3 is 2.77 bits per heavy atom. The topological polar surface area (TPSA) is 47.3 Å². The summed E-state index contributed by atoms with van der Waals surface area (Å²) in [6.07, 6.45) is 2.97. The first kappa shape index (κ1) is 13.5. The summed E-state index contributed by atoms with van der Waals surface area (Å²) in [5.74, 6) is 0.288. The number of benzene rings is 1. The number of halogens is 1. The molecule has 22 heavy (non-hydrogen) atoms. The van der Waals surface area contributed by atoms with Gasteiger partial charge in [-0.15, -0.1) is 0 Å². The predicted octanol–water partition coefficient (Wildman–Crippen LogP) is 3.60. The molecule has 1 atom stereocenters. The van der Waals surface area contributed by atoms with Crippen molar-refractivity contribution >= 4 is 23.0 Å². The number of carbonyl (C=O) groups excluding carboxylic acids is 1. The van der Waals surface area contributed by atoms with Crippen molar-refractivity contribution in [3.8, 4) is 0 Å². The number of rotatable bonds is 1. The highest BCUT2D eigenvalue weighted by Crippen LogP contribution is 2.33. The summed E-state index contributed by atoms with van der Waals surface area (Å²) in [4.78, 5) is 16.8. The molecule has 5 heteroatoms. The molecule has 0 fully saturated rings. The van der Waals surface area contributed by atoms with E-state index in [0.29, 0.717) is 17.0 Å². The summed E-state index contributed by atoms with van der Waals surface area (Å²) in [6.45, 7) is 1.93. The van der Waals surface area contributed by atoms with Crippen molar-refractivity contribution in [1.29, 1.82) is 0 Å². The van der Waals surface area contributed by atoms with Gasteiger partial charge in [-0.25, -0.2) is 9.50 Å². The summed E-state index contributed by atoms with van der Waals surface area (Å²) in [6, 6.07) is 9.67. The molecule has 110 valence electrons. The van der Waals surface area contributed by atoms with E-state index in [0.717, 1.165) is 29.0 Å². The maximum Gasteiger partial charge on any atom is 0.166 e. The van der Waals surface area contributed by atoms with Crippen LogP contribution in [0.5, 0.6) is 0 Å². The maximum absolute atomic E-state index is 12.5. The molecule has 4 rings (SSSR count). The van der Waals surface area contributed by atoms with E-state index in [2.05, 4.69) is 10.1 Å². The molecule has 2 aromatic heterocycles. The molecular weight excluding hydrogens is 298 g/mol. The van der Waals surface area contributed by atoms with Gasteiger partial charge in [-0.2, -0.15) is 5.10 Å². The van der Waals surface area contributed by atoms with E-state index >= 15 is 0 Å². The van der Waals surface area contributed by atoms with Crippen molar-refractivity contribution in [3.05, 3.63) is 64.1 Å². The number of ketones is 1. The first-order valence-electron chi connectivity index (χ1n) is 7.25. The number of fused-ring (bicyclic) bond motifs is 3. The lowest BCUT2D eigenvalue weighted by Crippen LogP contribution is -2.22. The fourth-order valence-electron chi connectivity index (χ4n) is 3.13. The molecule has 0 aliphatic heterocycles. The highest BCUT2D eigenvalue weighted by atomic mass is 35.5. The Morgan fingerprint density at radius 2 is 2.00 bits per heavy atom. The molecule has 0 bridgehead atoms. The lowest BCUT2D eigenvalue weighted by molar-refractivity contribution is 0.0962. The van der Waals surface area contributed by atoms with Gasteiger partial charge in [-0.05, 0) is 37.0 Å². The standard InChI is InChI=1S/C17H14ClN3O/c1-10-6-17-19-9-14-15(21(17)20-10)7-12(8-16(14)22)11-2-4-13(18)5-3-11/h2-6,9,12H,7-8H2,1H3. The van der Waals surface area contributed by atoms with Gasteiger partial charge in [0.05, 0.1) is 17.0 Å². The molecular formula is C17H14ClN3O. The van der Waals surface area contributed by atoms with E-state index in [-0.39, 0.29) is 11.7 Å². The molecule has 1 unspecified atom stereocenters. The number of aryl methyl sites for hydroxylation is 1. The minimum atomic E-state index is 0.128. The predicted molar refractivity (Wildman–Crippen MR) is 84.6 cm³/mol. The zero-order valence-corrected chi connectivity index (χ0v) is 12.8. The fourth-order valence-corrected chi connectivity index (χ4v) is 3.26. The van der Waals surface area contributed by atoms with E-state index in [1.807, 2.05) is 41.8 Å². The van der Waals surface area contributed by atoms with Crippen LogP contribution in [0.3, 0.4) is 0 Å². The minimum absolute atomic E-state index is 0.128. The maximum atomic E-state index is 12.5. The van der Waals surface area contributed by atoms with Crippen LogP contribution < -0.4 is 0 Å². The smallest absolute Gasteiger partial charge is 0.166 e. The van der Waals surface area contributed by atoms with Gasteiger partial charge in [0.2, 0.25) is 0 Å². The molecule has 1 aliphatic carbocycles. The average molecular weight is 312 g/mol. The van der Waals surface area contributed by atoms with E-state index in [1.165, 1.54) is 0 Å². The van der Waals surface area contributed by atoms with E-state index < -0.39 is 0 Å². The Balaban J connectivity index is 1.82. The Hall–Kier alpha value is -2.20. The Labute approximate surface area is 132 Å². The number of nitrogens with zero attached hydrogens (tertiary/aromatic N) is 3. The van der Waals surface area contributed by atoms with Gasteiger partial charge >= 0.3 is 0 Å². The minimum Gasteiger partial charge on any atom is -0.294 e. The van der Waals surface area contributed by atoms with Gasteiger partial charge in [0.25, 0.3) is 0 Å². The molecule has 0 spiro atoms. The van der Waals surface area contributed by atoms with E-state index in [1.54, 1.807) is 6.20 Å². The van der Waals surface area contributed by atoms with Gasteiger partial charge in [-0.1, -0.05) is 23.7 Å². The molecule has 1 aromatic carbocycles. The largest absolute Gasteiger partial charge is 0.294 e. The molecule has 0 saturated carbocycles. The summed E-state index contributed by atoms with van der Waals surface area (Å²) in [5.41, 5.74) is 4.48. The summed E-state index contributed by atoms with van der Waals surface area (Å²) >= 11 is 5.95. The monoisotopic (exact) mass is 311 g/mol. The first-order valence-corrected chi connectivity index (χ1v) is 7.62. The Bertz CT molecular complexity index is 883. The number of hydrogen-bond donors (Lipinski definition) is 0. The Morgan fingerprint density at radius 1 is 1.23 bits per heavy atom. The summed E-state index contributed by atoms with van der Waals surface area (Å²) in [5, 5.41) is 5.19. The molecule has 2 heterocycles. The van der Waals surface area contributed by atoms with Gasteiger partial charge in [0, 0.05) is 23.7 Å². The van der Waals surface area contributed by atoms with E-state index in [4.69, 9.17) is 11.6 Å². The number of Topliss-reactive ketones (excluding diaryl/α,β-unsaturated/α-hetero) is 1. The van der Waals surface area contributed by atoms with Crippen LogP contribution in [0.15, 0.2) is 36.5 Å². The zero-order chi connectivity index (χ0) is 15.3. The Kier molecular flexibility index (Phi) is 3.01. The summed E-state index contributed by atoms with van der Waals surface area (Å²) in [7, 11) is 0. The fraction of sp³-hybridized carbons (Fsp3) is 0.235. The molecule has 1 aliphatic rings. The molecule has 4 nitrogen and oxygen atoms in total. The highest BCUT2D eigenvalue weighted by Gasteiger charge is 2.29. The number of aromatic nitrogens is 3. The highest BCUT2D eigenvalue weighted by molar-refractivity contribution is 6.30. The second-order valence-corrected chi connectivity index (χ2v) is 6.19. The van der Waals surface area contributed by atoms with Crippen LogP contribution >= 0.6 is 11.6 Å². The van der Waals surface area contributed by atoms with Crippen molar-refractivity contribution in [2.75, 3.05) is 0 Å². The SMILES string of the molecule is Cc1cc2ncc3c(n2n1)CC(c1ccc(Cl)cc1)CC3=O. The second-order valence-electron chi connectivity index (χ2n) is 5.75. The van der Waals surface area contributed by atoms with Crippen LogP contribution in [-0.2, 0) is 6.42 Å². The van der Waals surface area contributed by atoms with Crippen molar-refractivity contribution in [1.82, 2.24) is 14.6 Å². The molecule has 0 amide bonds. The lowest BCUT2D eigenvalue weighted by atomic mass is 9.82. The van der Waals surface area contributed by atoms with Crippen LogP contribution in [0, 0.1) is 6.92 Å². The zero-order valence-electron chi connectivity index (χ0n) is 12.1. The molecule has 0 N–H and O–H groups in total. The van der Waals surface area contributed by atoms with Crippen molar-refractivity contribution < 1.29 is 4.79 Å². The third-order valence-electron chi connectivity index (χ3n) is 4.22. The van der Waals surface area contributed by atoms with Crippen LogP contribution in [0.25, 0.3) is 5.65 Å². The average Bonchev–Trinajstić information content (AvgIpc) is 2.88. The number of hydrogen-bond acceptors (Lipinski definition) is 3. The number of carbonyl (C=O) groups is 1. The summed E-state index contributed by atoms with van der Waals surface area (Å²) < 4.78 is 1.81. The van der Waals surface area contributed by atoms with Crippen molar-refractivity contribution in [3.63, 3.8) is 0 Å². The lowest BCUT2D eigenvalue weighted by Gasteiger charge is -2.24. The van der Waals surface area contributed by atoms with Gasteiger partial charge < -0.3 is 0 Å². The van der Waals surface area contributed by atoms with Crippen LogP contribution in [-0.4, -0.2) is 20.4 Å². The third-order valence-corrected chi connectivity index (χ3v) is 4.47. The quantitative estimate of drug-likeness (QED) is 0.690. The molecule has 0 radical (unpaired) electrons. The van der Waals surface area contributed by atoms with Crippen LogP contribution in [0.1, 0.15) is 39.6 Å². The van der Waals surface area contributed by atoms with Gasteiger partial charge in [0.15, 0.2) is 11.4 Å². The second kappa shape index (κ2) is 4.92. The van der Waals surface area contributed by atoms with E-state index in [9.17, 15) is 4.79 Å². The van der Waals surface area contributed by atoms with Gasteiger partial charge in [-0.3, -0.25) is 4.79 Å². The van der Waals surface area contributed by atoms with Gasteiger partial charge in [0.1, 0.15) is 0 Å². The van der Waals surface area contributed by atoms with Crippen LogP contribution in [0.2, 0.25) is 5.02 Å². The van der Waals surface area contributed by atoms with Crippen molar-refractivity contribution in [2.45, 2.75) is 25.7 Å². The van der Waals surface area contributed by atoms with Crippen molar-refractivity contribution in [2.24, 2.45) is 0 Å². The normalized spacial score (nSPS) is 17.7. The third kappa shape index (κ3) is 2.11.